The number of aryl methyl sites for hydroxylation is 1. The molecule has 0 saturated carbocycles. The Morgan fingerprint density at radius 1 is 1.37 bits per heavy atom. The third kappa shape index (κ3) is 3.24. The van der Waals surface area contributed by atoms with Crippen LogP contribution in [0.25, 0.3) is 0 Å². The predicted octanol–water partition coefficient (Wildman–Crippen LogP) is 2.31. The van der Waals surface area contributed by atoms with Crippen molar-refractivity contribution in [2.75, 3.05) is 12.4 Å². The summed E-state index contributed by atoms with van der Waals surface area (Å²) >= 11 is 0. The first kappa shape index (κ1) is 15.0. The largest absolute Gasteiger partial charge is 0.496 e. The van der Waals surface area contributed by atoms with E-state index in [1.807, 2.05) is 6.92 Å². The van der Waals surface area contributed by atoms with Gasteiger partial charge >= 0.3 is 5.97 Å². The SMILES string of the molecule is CCc1cc(NC(=O)C(C)(C)C(=O)O)ccc1OC. The maximum Gasteiger partial charge on any atom is 0.318 e. The van der Waals surface area contributed by atoms with Crippen molar-refractivity contribution in [2.45, 2.75) is 27.2 Å². The van der Waals surface area contributed by atoms with E-state index in [-0.39, 0.29) is 0 Å². The van der Waals surface area contributed by atoms with Crippen LogP contribution < -0.4 is 10.1 Å². The molecule has 0 unspecified atom stereocenters. The Hall–Kier alpha value is -2.04. The van der Waals surface area contributed by atoms with Gasteiger partial charge in [0.2, 0.25) is 5.91 Å². The molecule has 0 spiro atoms. The minimum atomic E-state index is -1.47. The average Bonchev–Trinajstić information content (AvgIpc) is 2.38. The minimum absolute atomic E-state index is 0.549. The fourth-order valence-corrected chi connectivity index (χ4v) is 1.52. The molecule has 0 aromatic heterocycles. The Morgan fingerprint density at radius 3 is 2.47 bits per heavy atom. The number of benzene rings is 1. The molecular formula is C14H19NO4. The molecule has 0 aliphatic heterocycles. The van der Waals surface area contributed by atoms with Gasteiger partial charge in [0.15, 0.2) is 0 Å². The van der Waals surface area contributed by atoms with Crippen molar-refractivity contribution in [3.63, 3.8) is 0 Å². The summed E-state index contributed by atoms with van der Waals surface area (Å²) in [7, 11) is 1.58. The van der Waals surface area contributed by atoms with E-state index in [2.05, 4.69) is 5.32 Å². The highest BCUT2D eigenvalue weighted by Crippen LogP contribution is 2.25. The maximum atomic E-state index is 11.9. The summed E-state index contributed by atoms with van der Waals surface area (Å²) in [6, 6.07) is 5.23. The van der Waals surface area contributed by atoms with E-state index in [4.69, 9.17) is 9.84 Å². The number of amides is 1. The van der Waals surface area contributed by atoms with Gasteiger partial charge in [-0.2, -0.15) is 0 Å². The number of nitrogens with one attached hydrogen (secondary N) is 1. The molecule has 1 aromatic carbocycles. The Kier molecular flexibility index (Phi) is 4.53. The fraction of sp³-hybridized carbons (Fsp3) is 0.429. The molecule has 5 heteroatoms. The molecule has 0 aliphatic carbocycles. The molecule has 0 saturated heterocycles. The predicted molar refractivity (Wildman–Crippen MR) is 72.4 cm³/mol. The van der Waals surface area contributed by atoms with Gasteiger partial charge in [-0.3, -0.25) is 9.59 Å². The van der Waals surface area contributed by atoms with Gasteiger partial charge in [-0.15, -0.1) is 0 Å². The third-order valence-electron chi connectivity index (χ3n) is 3.02. The summed E-state index contributed by atoms with van der Waals surface area (Å²) in [4.78, 5) is 22.9. The molecule has 5 nitrogen and oxygen atoms in total. The zero-order valence-corrected chi connectivity index (χ0v) is 11.6. The highest BCUT2D eigenvalue weighted by molar-refractivity contribution is 6.07. The van der Waals surface area contributed by atoms with E-state index >= 15 is 0 Å². The molecule has 0 atom stereocenters. The van der Waals surface area contributed by atoms with Crippen molar-refractivity contribution < 1.29 is 19.4 Å². The molecular weight excluding hydrogens is 246 g/mol. The monoisotopic (exact) mass is 265 g/mol. The molecule has 1 rings (SSSR count). The second-order valence-electron chi connectivity index (χ2n) is 4.76. The van der Waals surface area contributed by atoms with Crippen LogP contribution in [0.2, 0.25) is 0 Å². The molecule has 0 bridgehead atoms. The summed E-state index contributed by atoms with van der Waals surface area (Å²) in [6.45, 7) is 4.72. The van der Waals surface area contributed by atoms with E-state index in [0.29, 0.717) is 5.69 Å². The van der Waals surface area contributed by atoms with E-state index in [1.165, 1.54) is 13.8 Å². The van der Waals surface area contributed by atoms with Crippen molar-refractivity contribution in [3.05, 3.63) is 23.8 Å². The Bertz CT molecular complexity index is 494. The smallest absolute Gasteiger partial charge is 0.318 e. The molecule has 1 amide bonds. The first-order valence-corrected chi connectivity index (χ1v) is 6.04. The minimum Gasteiger partial charge on any atom is -0.496 e. The number of anilines is 1. The molecule has 0 radical (unpaired) electrons. The second-order valence-corrected chi connectivity index (χ2v) is 4.76. The first-order chi connectivity index (χ1) is 8.82. The summed E-state index contributed by atoms with van der Waals surface area (Å²) in [5.74, 6) is -0.959. The topological polar surface area (TPSA) is 75.6 Å². The summed E-state index contributed by atoms with van der Waals surface area (Å²) in [6.07, 6.45) is 0.759. The van der Waals surface area contributed by atoms with Gasteiger partial charge in [-0.05, 0) is 44.0 Å². The van der Waals surface area contributed by atoms with Crippen LogP contribution in [0.4, 0.5) is 5.69 Å². The molecule has 2 N–H and O–H groups in total. The number of carboxylic acid groups (broad SMARTS) is 1. The van der Waals surface area contributed by atoms with Gasteiger partial charge in [-0.25, -0.2) is 0 Å². The van der Waals surface area contributed by atoms with Gasteiger partial charge < -0.3 is 15.2 Å². The zero-order chi connectivity index (χ0) is 14.6. The van der Waals surface area contributed by atoms with Crippen LogP contribution in [0.5, 0.6) is 5.75 Å². The fourth-order valence-electron chi connectivity index (χ4n) is 1.52. The Balaban J connectivity index is 2.95. The van der Waals surface area contributed by atoms with Crippen molar-refractivity contribution in [3.8, 4) is 5.75 Å². The lowest BCUT2D eigenvalue weighted by Gasteiger charge is -2.19. The number of hydrogen-bond donors (Lipinski definition) is 2. The van der Waals surface area contributed by atoms with E-state index in [1.54, 1.807) is 25.3 Å². The van der Waals surface area contributed by atoms with Crippen molar-refractivity contribution in [1.82, 2.24) is 0 Å². The van der Waals surface area contributed by atoms with Gasteiger partial charge in [0, 0.05) is 5.69 Å². The maximum absolute atomic E-state index is 11.9. The molecule has 104 valence electrons. The third-order valence-corrected chi connectivity index (χ3v) is 3.02. The van der Waals surface area contributed by atoms with Gasteiger partial charge in [0.1, 0.15) is 11.2 Å². The number of carbonyl (C=O) groups excluding carboxylic acids is 1. The number of methoxy groups -OCH3 is 1. The van der Waals surface area contributed by atoms with E-state index in [0.717, 1.165) is 17.7 Å². The lowest BCUT2D eigenvalue weighted by atomic mass is 9.92. The first-order valence-electron chi connectivity index (χ1n) is 6.04. The van der Waals surface area contributed by atoms with Crippen LogP contribution in [0.15, 0.2) is 18.2 Å². The lowest BCUT2D eigenvalue weighted by molar-refractivity contribution is -0.151. The average molecular weight is 265 g/mol. The number of ether oxygens (including phenoxy) is 1. The highest BCUT2D eigenvalue weighted by atomic mass is 16.5. The lowest BCUT2D eigenvalue weighted by Crippen LogP contribution is -2.37. The van der Waals surface area contributed by atoms with Crippen molar-refractivity contribution in [1.29, 1.82) is 0 Å². The Morgan fingerprint density at radius 2 is 2.00 bits per heavy atom. The van der Waals surface area contributed by atoms with Crippen LogP contribution in [0.3, 0.4) is 0 Å². The van der Waals surface area contributed by atoms with Crippen molar-refractivity contribution in [2.24, 2.45) is 5.41 Å². The quantitative estimate of drug-likeness (QED) is 0.801. The number of rotatable bonds is 5. The van der Waals surface area contributed by atoms with Gasteiger partial charge in [-0.1, -0.05) is 6.92 Å². The molecule has 1 aromatic rings. The van der Waals surface area contributed by atoms with Gasteiger partial charge in [0.25, 0.3) is 0 Å². The normalized spacial score (nSPS) is 10.9. The molecule has 0 heterocycles. The molecule has 0 aliphatic rings. The zero-order valence-electron chi connectivity index (χ0n) is 11.6. The van der Waals surface area contributed by atoms with Crippen molar-refractivity contribution >= 4 is 17.6 Å². The second kappa shape index (κ2) is 5.73. The highest BCUT2D eigenvalue weighted by Gasteiger charge is 2.36. The Labute approximate surface area is 112 Å². The van der Waals surface area contributed by atoms with Crippen LogP contribution in [-0.4, -0.2) is 24.1 Å². The van der Waals surface area contributed by atoms with Crippen LogP contribution >= 0.6 is 0 Å². The molecule has 19 heavy (non-hydrogen) atoms. The van der Waals surface area contributed by atoms with Crippen LogP contribution in [0, 0.1) is 5.41 Å². The molecule has 0 fully saturated rings. The van der Waals surface area contributed by atoms with E-state index < -0.39 is 17.3 Å². The van der Waals surface area contributed by atoms with Crippen LogP contribution in [-0.2, 0) is 16.0 Å². The standard InChI is InChI=1S/C14H19NO4/c1-5-9-8-10(6-7-11(9)19-4)15-12(16)14(2,3)13(17)18/h6-8H,5H2,1-4H3,(H,15,16)(H,17,18). The van der Waals surface area contributed by atoms with E-state index in [9.17, 15) is 9.59 Å². The van der Waals surface area contributed by atoms with Gasteiger partial charge in [0.05, 0.1) is 7.11 Å². The summed E-state index contributed by atoms with van der Waals surface area (Å²) < 4.78 is 5.19. The number of hydrogen-bond acceptors (Lipinski definition) is 3. The number of aliphatic carboxylic acids is 1. The summed E-state index contributed by atoms with van der Waals surface area (Å²) in [5.41, 5.74) is 0.0529. The number of carboxylic acids is 1. The van der Waals surface area contributed by atoms with Crippen LogP contribution in [0.1, 0.15) is 26.3 Å². The summed E-state index contributed by atoms with van der Waals surface area (Å²) in [5, 5.41) is 11.6. The number of carbonyl (C=O) groups is 2.